The van der Waals surface area contributed by atoms with Crippen molar-refractivity contribution in [2.75, 3.05) is 0 Å². The van der Waals surface area contributed by atoms with E-state index in [-0.39, 0.29) is 16.7 Å². The zero-order valence-electron chi connectivity index (χ0n) is 7.54. The molecule has 1 rings (SSSR count). The molecule has 0 aliphatic heterocycles. The van der Waals surface area contributed by atoms with Gasteiger partial charge in [-0.1, -0.05) is 23.2 Å². The number of hydrogen-bond acceptors (Lipinski definition) is 2. The van der Waals surface area contributed by atoms with Crippen LogP contribution in [0.1, 0.15) is 5.56 Å². The SMILES string of the molecule is NC(N)=N/[NH+]=C/c1cc(Cl)cc(Cl)c1O. The maximum absolute atomic E-state index is 9.51. The van der Waals surface area contributed by atoms with Gasteiger partial charge in [0.2, 0.25) is 6.21 Å². The van der Waals surface area contributed by atoms with Gasteiger partial charge in [-0.15, -0.1) is 5.10 Å². The molecule has 1 aromatic carbocycles. The summed E-state index contributed by atoms with van der Waals surface area (Å²) >= 11 is 11.4. The Balaban J connectivity index is 3.05. The minimum Gasteiger partial charge on any atom is -0.506 e. The summed E-state index contributed by atoms with van der Waals surface area (Å²) in [6.45, 7) is 0. The highest BCUT2D eigenvalue weighted by Crippen LogP contribution is 2.29. The number of guanidine groups is 1. The highest BCUT2D eigenvalue weighted by Gasteiger charge is 2.07. The van der Waals surface area contributed by atoms with Gasteiger partial charge in [-0.3, -0.25) is 0 Å². The fourth-order valence-corrected chi connectivity index (χ4v) is 1.38. The van der Waals surface area contributed by atoms with E-state index in [4.69, 9.17) is 34.7 Å². The largest absolute Gasteiger partial charge is 0.506 e. The third kappa shape index (κ3) is 3.30. The van der Waals surface area contributed by atoms with E-state index < -0.39 is 0 Å². The molecule has 0 radical (unpaired) electrons. The van der Waals surface area contributed by atoms with Crippen molar-refractivity contribution in [3.8, 4) is 5.75 Å². The van der Waals surface area contributed by atoms with Crippen molar-refractivity contribution in [2.45, 2.75) is 0 Å². The second kappa shape index (κ2) is 4.86. The predicted octanol–water partition coefficient (Wildman–Crippen LogP) is -0.613. The summed E-state index contributed by atoms with van der Waals surface area (Å²) in [5, 5.41) is 16.0. The number of benzene rings is 1. The minimum absolute atomic E-state index is 0.0978. The van der Waals surface area contributed by atoms with E-state index in [0.717, 1.165) is 0 Å². The third-order valence-corrected chi connectivity index (χ3v) is 1.98. The average Bonchev–Trinajstić information content (AvgIpc) is 2.12. The van der Waals surface area contributed by atoms with Gasteiger partial charge in [0.05, 0.1) is 10.6 Å². The summed E-state index contributed by atoms with van der Waals surface area (Å²) in [6, 6.07) is 2.94. The van der Waals surface area contributed by atoms with Gasteiger partial charge >= 0.3 is 0 Å². The molecule has 80 valence electrons. The van der Waals surface area contributed by atoms with Crippen molar-refractivity contribution in [2.24, 2.45) is 16.6 Å². The minimum atomic E-state index is -0.126. The van der Waals surface area contributed by atoms with Crippen LogP contribution in [0.25, 0.3) is 0 Å². The molecular weight excluding hydrogens is 239 g/mol. The zero-order chi connectivity index (χ0) is 11.4. The van der Waals surface area contributed by atoms with Gasteiger partial charge in [0.15, 0.2) is 0 Å². The van der Waals surface area contributed by atoms with Crippen molar-refractivity contribution < 1.29 is 10.2 Å². The average molecular weight is 248 g/mol. The molecular formula is C8H9Cl2N4O+. The lowest BCUT2D eigenvalue weighted by molar-refractivity contribution is -0.456. The Morgan fingerprint density at radius 3 is 2.67 bits per heavy atom. The van der Waals surface area contributed by atoms with E-state index in [9.17, 15) is 5.11 Å². The smallest absolute Gasteiger partial charge is 0.256 e. The number of rotatable bonds is 2. The third-order valence-electron chi connectivity index (χ3n) is 1.47. The van der Waals surface area contributed by atoms with Crippen LogP contribution in [0.2, 0.25) is 10.0 Å². The molecule has 0 fully saturated rings. The monoisotopic (exact) mass is 247 g/mol. The first-order valence-corrected chi connectivity index (χ1v) is 4.61. The number of phenols is 1. The Morgan fingerprint density at radius 2 is 2.07 bits per heavy atom. The molecule has 0 saturated heterocycles. The Hall–Kier alpha value is -1.46. The van der Waals surface area contributed by atoms with Crippen molar-refractivity contribution in [1.29, 1.82) is 0 Å². The molecule has 0 aliphatic carbocycles. The van der Waals surface area contributed by atoms with Crippen LogP contribution in [0.4, 0.5) is 0 Å². The molecule has 0 atom stereocenters. The number of phenolic OH excluding ortho intramolecular Hbond substituents is 1. The lowest BCUT2D eigenvalue weighted by atomic mass is 10.2. The fraction of sp³-hybridized carbons (Fsp3) is 0. The van der Waals surface area contributed by atoms with Crippen molar-refractivity contribution in [1.82, 2.24) is 0 Å². The quantitative estimate of drug-likeness (QED) is 0.319. The summed E-state index contributed by atoms with van der Waals surface area (Å²) in [4.78, 5) is 0. The van der Waals surface area contributed by atoms with Crippen molar-refractivity contribution in [3.05, 3.63) is 27.7 Å². The van der Waals surface area contributed by atoms with Gasteiger partial charge in [-0.25, -0.2) is 0 Å². The normalized spacial score (nSPS) is 10.5. The molecule has 0 aromatic heterocycles. The van der Waals surface area contributed by atoms with E-state index >= 15 is 0 Å². The Labute approximate surface area is 96.0 Å². The van der Waals surface area contributed by atoms with Crippen molar-refractivity contribution in [3.63, 3.8) is 0 Å². The molecule has 0 saturated carbocycles. The summed E-state index contributed by atoms with van der Waals surface area (Å²) in [5.41, 5.74) is 10.6. The van der Waals surface area contributed by atoms with E-state index in [1.165, 1.54) is 18.3 Å². The number of hydrogen-bond donors (Lipinski definition) is 4. The second-order valence-corrected chi connectivity index (χ2v) is 3.48. The van der Waals surface area contributed by atoms with Crippen molar-refractivity contribution >= 4 is 35.4 Å². The van der Waals surface area contributed by atoms with Crippen LogP contribution in [0.3, 0.4) is 0 Å². The molecule has 7 heteroatoms. The molecule has 6 N–H and O–H groups in total. The van der Waals surface area contributed by atoms with E-state index in [2.05, 4.69) is 10.2 Å². The first-order valence-electron chi connectivity index (χ1n) is 3.86. The van der Waals surface area contributed by atoms with Crippen LogP contribution in [-0.4, -0.2) is 17.3 Å². The maximum atomic E-state index is 9.51. The van der Waals surface area contributed by atoms with E-state index in [1.54, 1.807) is 0 Å². The first kappa shape index (κ1) is 11.6. The van der Waals surface area contributed by atoms with Gasteiger partial charge in [-0.2, -0.15) is 0 Å². The van der Waals surface area contributed by atoms with E-state index in [1.807, 2.05) is 0 Å². The number of halogens is 2. The summed E-state index contributed by atoms with van der Waals surface area (Å²) in [7, 11) is 0. The lowest BCUT2D eigenvalue weighted by Gasteiger charge is -1.99. The molecule has 0 amide bonds. The molecule has 15 heavy (non-hydrogen) atoms. The maximum Gasteiger partial charge on any atom is 0.256 e. The molecule has 5 nitrogen and oxygen atoms in total. The highest BCUT2D eigenvalue weighted by molar-refractivity contribution is 6.36. The van der Waals surface area contributed by atoms with Crippen LogP contribution in [0, 0.1) is 0 Å². The fourth-order valence-electron chi connectivity index (χ4n) is 0.872. The predicted molar refractivity (Wildman–Crippen MR) is 60.1 cm³/mol. The molecule has 0 heterocycles. The molecule has 0 spiro atoms. The second-order valence-electron chi connectivity index (χ2n) is 2.64. The zero-order valence-corrected chi connectivity index (χ0v) is 9.05. The number of nitrogens with two attached hydrogens (primary N) is 2. The number of aromatic hydroxyl groups is 1. The Morgan fingerprint density at radius 1 is 1.40 bits per heavy atom. The lowest BCUT2D eigenvalue weighted by Crippen LogP contribution is -2.63. The van der Waals surface area contributed by atoms with Crippen LogP contribution < -0.4 is 16.6 Å². The Bertz CT molecular complexity index is 427. The molecule has 0 bridgehead atoms. The highest BCUT2D eigenvalue weighted by atomic mass is 35.5. The summed E-state index contributed by atoms with van der Waals surface area (Å²) in [5.74, 6) is -0.224. The topological polar surface area (TPSA) is 98.6 Å². The Kier molecular flexibility index (Phi) is 3.76. The van der Waals surface area contributed by atoms with Gasteiger partial charge in [0.25, 0.3) is 5.96 Å². The summed E-state index contributed by atoms with van der Waals surface area (Å²) < 4.78 is 0. The van der Waals surface area contributed by atoms with Crippen LogP contribution in [0.5, 0.6) is 5.75 Å². The number of hydrazone groups is 1. The number of nitrogens with one attached hydrogen (secondary N) is 1. The molecule has 0 unspecified atom stereocenters. The van der Waals surface area contributed by atoms with Crippen LogP contribution >= 0.6 is 23.2 Å². The van der Waals surface area contributed by atoms with Gasteiger partial charge < -0.3 is 16.6 Å². The standard InChI is InChI=1S/C8H8Cl2N4O/c9-5-1-4(3-13-14-8(11)12)7(15)6(10)2-5/h1-3,15H,(H4,11,12,14)/p+1/b13-3+. The number of nitrogens with zero attached hydrogens (tertiary/aromatic N) is 1. The van der Waals surface area contributed by atoms with Crippen LogP contribution in [0.15, 0.2) is 17.2 Å². The molecule has 0 aliphatic rings. The van der Waals surface area contributed by atoms with Crippen LogP contribution in [-0.2, 0) is 0 Å². The van der Waals surface area contributed by atoms with Gasteiger partial charge in [-0.05, 0) is 12.1 Å². The van der Waals surface area contributed by atoms with Gasteiger partial charge in [0, 0.05) is 10.1 Å². The van der Waals surface area contributed by atoms with E-state index in [0.29, 0.717) is 10.6 Å². The molecule has 1 aromatic rings. The first-order chi connectivity index (χ1) is 7.00. The summed E-state index contributed by atoms with van der Waals surface area (Å²) in [6.07, 6.45) is 1.37. The van der Waals surface area contributed by atoms with Gasteiger partial charge in [0.1, 0.15) is 5.75 Å².